The second-order valence-electron chi connectivity index (χ2n) is 7.00. The highest BCUT2D eigenvalue weighted by Gasteiger charge is 2.34. The number of carbonyl (C=O) groups is 2. The number of hydrogen-bond acceptors (Lipinski definition) is 5. The first-order valence-electron chi connectivity index (χ1n) is 9.58. The van der Waals surface area contributed by atoms with Crippen LogP contribution in [-0.2, 0) is 4.74 Å². The molecule has 1 aliphatic heterocycles. The van der Waals surface area contributed by atoms with Gasteiger partial charge in [0.05, 0.1) is 12.7 Å². The molecule has 154 valence electrons. The summed E-state index contributed by atoms with van der Waals surface area (Å²) in [5.74, 6) is 0.133. The molecule has 2 N–H and O–H groups in total. The van der Waals surface area contributed by atoms with E-state index in [4.69, 9.17) is 9.47 Å². The van der Waals surface area contributed by atoms with E-state index in [0.29, 0.717) is 35.7 Å². The minimum absolute atomic E-state index is 0.211. The maximum atomic E-state index is 12.8. The lowest BCUT2D eigenvalue weighted by Gasteiger charge is -2.17. The zero-order chi connectivity index (χ0) is 21.0. The average Bonchev–Trinajstić information content (AvgIpc) is 3.10. The zero-order valence-corrected chi connectivity index (χ0v) is 16.8. The van der Waals surface area contributed by atoms with Gasteiger partial charge in [0, 0.05) is 37.0 Å². The predicted octanol–water partition coefficient (Wildman–Crippen LogP) is 2.48. The fourth-order valence-corrected chi connectivity index (χ4v) is 3.31. The number of nitrogens with one attached hydrogen (secondary N) is 1. The number of benzene rings is 2. The van der Waals surface area contributed by atoms with E-state index >= 15 is 0 Å². The predicted molar refractivity (Wildman–Crippen MR) is 109 cm³/mol. The molecular weight excluding hydrogens is 372 g/mol. The molecule has 2 amide bonds. The Morgan fingerprint density at radius 3 is 2.66 bits per heavy atom. The van der Waals surface area contributed by atoms with Crippen molar-refractivity contribution >= 4 is 17.5 Å². The van der Waals surface area contributed by atoms with Gasteiger partial charge in [0.2, 0.25) is 0 Å². The van der Waals surface area contributed by atoms with E-state index in [1.165, 1.54) is 7.11 Å². The number of anilines is 1. The molecule has 0 spiro atoms. The Hall–Kier alpha value is -2.90. The van der Waals surface area contributed by atoms with Crippen molar-refractivity contribution in [3.8, 4) is 5.75 Å². The molecule has 0 saturated carbocycles. The number of hydrogen-bond donors (Lipinski definition) is 2. The first kappa shape index (κ1) is 20.8. The van der Waals surface area contributed by atoms with Crippen molar-refractivity contribution in [2.45, 2.75) is 26.1 Å². The molecule has 2 aromatic rings. The first-order valence-corrected chi connectivity index (χ1v) is 9.58. The van der Waals surface area contributed by atoms with Crippen LogP contribution in [0, 0.1) is 6.92 Å². The topological polar surface area (TPSA) is 88.1 Å². The molecule has 0 bridgehead atoms. The van der Waals surface area contributed by atoms with Crippen molar-refractivity contribution in [3.63, 3.8) is 0 Å². The van der Waals surface area contributed by atoms with Crippen molar-refractivity contribution in [2.75, 3.05) is 32.1 Å². The Labute approximate surface area is 170 Å². The van der Waals surface area contributed by atoms with Gasteiger partial charge in [-0.05, 0) is 49.7 Å². The van der Waals surface area contributed by atoms with Gasteiger partial charge in [0.15, 0.2) is 0 Å². The maximum absolute atomic E-state index is 12.8. The smallest absolute Gasteiger partial charge is 0.255 e. The van der Waals surface area contributed by atoms with Crippen molar-refractivity contribution < 1.29 is 24.2 Å². The van der Waals surface area contributed by atoms with Crippen LogP contribution in [0.5, 0.6) is 5.75 Å². The summed E-state index contributed by atoms with van der Waals surface area (Å²) in [6, 6.07) is 12.1. The molecule has 1 saturated heterocycles. The fraction of sp³-hybridized carbons (Fsp3) is 0.364. The highest BCUT2D eigenvalue weighted by Crippen LogP contribution is 2.22. The molecule has 0 aliphatic carbocycles. The summed E-state index contributed by atoms with van der Waals surface area (Å²) in [5.41, 5.74) is 2.31. The maximum Gasteiger partial charge on any atom is 0.255 e. The summed E-state index contributed by atoms with van der Waals surface area (Å²) in [6.07, 6.45) is -1.09. The van der Waals surface area contributed by atoms with E-state index in [0.717, 1.165) is 5.56 Å². The number of rotatable bonds is 6. The van der Waals surface area contributed by atoms with Gasteiger partial charge >= 0.3 is 0 Å². The summed E-state index contributed by atoms with van der Waals surface area (Å²) in [7, 11) is 1.52. The van der Waals surface area contributed by atoms with E-state index in [9.17, 15) is 14.7 Å². The second kappa shape index (κ2) is 9.07. The number of nitrogens with zero attached hydrogens (tertiary/aromatic N) is 1. The highest BCUT2D eigenvalue weighted by molar-refractivity contribution is 6.05. The van der Waals surface area contributed by atoms with E-state index in [1.807, 2.05) is 13.8 Å². The molecule has 7 nitrogen and oxygen atoms in total. The molecule has 2 aromatic carbocycles. The quantitative estimate of drug-likeness (QED) is 0.781. The Morgan fingerprint density at radius 1 is 1.17 bits per heavy atom. The minimum Gasteiger partial charge on any atom is -0.494 e. The third kappa shape index (κ3) is 4.75. The number of carbonyl (C=O) groups excluding carboxylic acids is 2. The van der Waals surface area contributed by atoms with Crippen LogP contribution >= 0.6 is 0 Å². The van der Waals surface area contributed by atoms with Crippen molar-refractivity contribution in [2.24, 2.45) is 0 Å². The monoisotopic (exact) mass is 398 g/mol. The van der Waals surface area contributed by atoms with Crippen molar-refractivity contribution in [3.05, 3.63) is 59.2 Å². The number of β-amino-alcohol motifs (C(OH)–C–C–N with tert-alkyl or cyclic N) is 1. The van der Waals surface area contributed by atoms with Crippen LogP contribution in [0.3, 0.4) is 0 Å². The summed E-state index contributed by atoms with van der Waals surface area (Å²) < 4.78 is 10.6. The van der Waals surface area contributed by atoms with Gasteiger partial charge in [-0.1, -0.05) is 12.1 Å². The summed E-state index contributed by atoms with van der Waals surface area (Å²) in [5, 5.41) is 12.8. The zero-order valence-electron chi connectivity index (χ0n) is 16.8. The van der Waals surface area contributed by atoms with E-state index in [2.05, 4.69) is 5.32 Å². The molecule has 29 heavy (non-hydrogen) atoms. The van der Waals surface area contributed by atoms with Crippen LogP contribution in [0.2, 0.25) is 0 Å². The van der Waals surface area contributed by atoms with Gasteiger partial charge in [-0.25, -0.2) is 0 Å². The van der Waals surface area contributed by atoms with Crippen molar-refractivity contribution in [1.29, 1.82) is 0 Å². The highest BCUT2D eigenvalue weighted by atomic mass is 16.5. The van der Waals surface area contributed by atoms with E-state index < -0.39 is 6.10 Å². The average molecular weight is 398 g/mol. The van der Waals surface area contributed by atoms with Crippen LogP contribution in [0.4, 0.5) is 5.69 Å². The lowest BCUT2D eigenvalue weighted by molar-refractivity contribution is 0.0215. The molecule has 0 radical (unpaired) electrons. The SMILES string of the molecule is CCOc1cccc(C(=O)Nc2cc(C(=O)N3C[C@H](OC)[C@@H](O)C3)ccc2C)c1. The van der Waals surface area contributed by atoms with Crippen molar-refractivity contribution in [1.82, 2.24) is 4.90 Å². The van der Waals surface area contributed by atoms with Crippen LogP contribution in [0.1, 0.15) is 33.2 Å². The molecular formula is C22H26N2O5. The van der Waals surface area contributed by atoms with Crippen LogP contribution in [-0.4, -0.2) is 60.8 Å². The molecule has 7 heteroatoms. The molecule has 3 rings (SSSR count). The van der Waals surface area contributed by atoms with Gasteiger partial charge in [-0.3, -0.25) is 9.59 Å². The largest absolute Gasteiger partial charge is 0.494 e. The summed E-state index contributed by atoms with van der Waals surface area (Å²) in [4.78, 5) is 27.0. The lowest BCUT2D eigenvalue weighted by atomic mass is 10.1. The molecule has 1 fully saturated rings. The second-order valence-corrected chi connectivity index (χ2v) is 7.00. The molecule has 1 aliphatic rings. The lowest BCUT2D eigenvalue weighted by Crippen LogP contribution is -2.30. The third-order valence-corrected chi connectivity index (χ3v) is 4.97. The summed E-state index contributed by atoms with van der Waals surface area (Å²) in [6.45, 7) is 4.81. The molecule has 2 atom stereocenters. The number of aryl methyl sites for hydroxylation is 1. The number of amides is 2. The van der Waals surface area contributed by atoms with Gasteiger partial charge in [0.1, 0.15) is 11.9 Å². The molecule has 0 unspecified atom stereocenters. The normalized spacial score (nSPS) is 18.6. The molecule has 0 aromatic heterocycles. The molecule has 1 heterocycles. The number of methoxy groups -OCH3 is 1. The Kier molecular flexibility index (Phi) is 6.51. The minimum atomic E-state index is -0.703. The number of aliphatic hydroxyl groups excluding tert-OH is 1. The number of likely N-dealkylation sites (tertiary alicyclic amines) is 1. The summed E-state index contributed by atoms with van der Waals surface area (Å²) >= 11 is 0. The van der Waals surface area contributed by atoms with Gasteiger partial charge in [0.25, 0.3) is 11.8 Å². The Morgan fingerprint density at radius 2 is 1.97 bits per heavy atom. The van der Waals surface area contributed by atoms with Crippen LogP contribution < -0.4 is 10.1 Å². The first-order chi connectivity index (χ1) is 13.9. The van der Waals surface area contributed by atoms with Crippen LogP contribution in [0.15, 0.2) is 42.5 Å². The third-order valence-electron chi connectivity index (χ3n) is 4.97. The van der Waals surface area contributed by atoms with Crippen LogP contribution in [0.25, 0.3) is 0 Å². The van der Waals surface area contributed by atoms with E-state index in [1.54, 1.807) is 47.4 Å². The Balaban J connectivity index is 1.76. The fourth-order valence-electron chi connectivity index (χ4n) is 3.31. The number of aliphatic hydroxyl groups is 1. The number of ether oxygens (including phenoxy) is 2. The van der Waals surface area contributed by atoms with Gasteiger partial charge in [-0.15, -0.1) is 0 Å². The van der Waals surface area contributed by atoms with Gasteiger partial charge < -0.3 is 24.8 Å². The Bertz CT molecular complexity index is 899. The van der Waals surface area contributed by atoms with E-state index in [-0.39, 0.29) is 24.5 Å². The van der Waals surface area contributed by atoms with Gasteiger partial charge in [-0.2, -0.15) is 0 Å². The standard InChI is InChI=1S/C22H26N2O5/c1-4-29-17-7-5-6-15(10-17)21(26)23-18-11-16(9-8-14(18)2)22(27)24-12-19(25)20(13-24)28-3/h5-11,19-20,25H,4,12-13H2,1-3H3,(H,23,26)/t19-,20-/m0/s1.